The number of carbonyl (C=O) groups is 1. The first-order valence-electron chi connectivity index (χ1n) is 6.80. The molecule has 0 bridgehead atoms. The SMILES string of the molecule is CCOC(=O)CC(C)CCc1ccc(OC(F)(F)F)cc1. The highest BCUT2D eigenvalue weighted by Gasteiger charge is 2.30. The first-order chi connectivity index (χ1) is 9.80. The van der Waals surface area contributed by atoms with Crippen LogP contribution in [0.2, 0.25) is 0 Å². The average Bonchev–Trinajstić information content (AvgIpc) is 2.36. The second kappa shape index (κ2) is 7.90. The molecule has 118 valence electrons. The van der Waals surface area contributed by atoms with E-state index < -0.39 is 6.36 Å². The summed E-state index contributed by atoms with van der Waals surface area (Å²) in [6, 6.07) is 5.77. The molecule has 0 aliphatic carbocycles. The van der Waals surface area contributed by atoms with E-state index in [2.05, 4.69) is 4.74 Å². The fraction of sp³-hybridized carbons (Fsp3) is 0.533. The monoisotopic (exact) mass is 304 g/mol. The highest BCUT2D eigenvalue weighted by atomic mass is 19.4. The van der Waals surface area contributed by atoms with E-state index in [1.54, 1.807) is 19.1 Å². The Kier molecular flexibility index (Phi) is 6.52. The quantitative estimate of drug-likeness (QED) is 0.711. The standard InChI is InChI=1S/C15H19F3O3/c1-3-20-14(19)10-11(2)4-5-12-6-8-13(9-7-12)21-15(16,17)18/h6-9,11H,3-5,10H2,1-2H3. The molecule has 0 spiro atoms. The van der Waals surface area contributed by atoms with Crippen molar-refractivity contribution in [2.75, 3.05) is 6.61 Å². The highest BCUT2D eigenvalue weighted by Crippen LogP contribution is 2.23. The maximum atomic E-state index is 12.0. The molecule has 0 heterocycles. The van der Waals surface area contributed by atoms with Gasteiger partial charge in [-0.15, -0.1) is 13.2 Å². The van der Waals surface area contributed by atoms with E-state index in [-0.39, 0.29) is 17.6 Å². The van der Waals surface area contributed by atoms with Crippen LogP contribution in [-0.2, 0) is 16.0 Å². The van der Waals surface area contributed by atoms with Crippen molar-refractivity contribution in [1.82, 2.24) is 0 Å². The van der Waals surface area contributed by atoms with Gasteiger partial charge in [0.2, 0.25) is 0 Å². The predicted octanol–water partition coefficient (Wildman–Crippen LogP) is 4.11. The average molecular weight is 304 g/mol. The van der Waals surface area contributed by atoms with Crippen molar-refractivity contribution >= 4 is 5.97 Å². The van der Waals surface area contributed by atoms with E-state index in [1.807, 2.05) is 6.92 Å². The number of hydrogen-bond donors (Lipinski definition) is 0. The minimum Gasteiger partial charge on any atom is -0.466 e. The summed E-state index contributed by atoms with van der Waals surface area (Å²) in [4.78, 5) is 11.3. The summed E-state index contributed by atoms with van der Waals surface area (Å²) in [5, 5.41) is 0. The lowest BCUT2D eigenvalue weighted by atomic mass is 9.98. The third kappa shape index (κ3) is 7.58. The van der Waals surface area contributed by atoms with Crippen molar-refractivity contribution in [3.05, 3.63) is 29.8 Å². The number of carbonyl (C=O) groups excluding carboxylic acids is 1. The Morgan fingerprint density at radius 1 is 1.24 bits per heavy atom. The van der Waals surface area contributed by atoms with Gasteiger partial charge in [0.25, 0.3) is 0 Å². The molecule has 0 aliphatic heterocycles. The molecular formula is C15H19F3O3. The minimum atomic E-state index is -4.67. The molecule has 0 saturated carbocycles. The van der Waals surface area contributed by atoms with Crippen LogP contribution in [0.25, 0.3) is 0 Å². The summed E-state index contributed by atoms with van der Waals surface area (Å²) in [5.74, 6) is -0.292. The van der Waals surface area contributed by atoms with Gasteiger partial charge in [-0.3, -0.25) is 4.79 Å². The molecule has 0 fully saturated rings. The summed E-state index contributed by atoms with van der Waals surface area (Å²) < 4.78 is 44.7. The normalized spacial score (nSPS) is 12.8. The van der Waals surface area contributed by atoms with E-state index >= 15 is 0 Å². The van der Waals surface area contributed by atoms with Crippen LogP contribution >= 0.6 is 0 Å². The fourth-order valence-corrected chi connectivity index (χ4v) is 1.88. The van der Waals surface area contributed by atoms with Crippen molar-refractivity contribution in [2.45, 2.75) is 39.5 Å². The Bertz CT molecular complexity index is 440. The Hall–Kier alpha value is -1.72. The number of aryl methyl sites for hydroxylation is 1. The first kappa shape index (κ1) is 17.3. The number of rotatable bonds is 7. The van der Waals surface area contributed by atoms with E-state index in [4.69, 9.17) is 4.74 Å². The Morgan fingerprint density at radius 2 is 1.86 bits per heavy atom. The van der Waals surface area contributed by atoms with Gasteiger partial charge in [0, 0.05) is 6.42 Å². The van der Waals surface area contributed by atoms with Crippen LogP contribution in [-0.4, -0.2) is 18.9 Å². The second-order valence-corrected chi connectivity index (χ2v) is 4.84. The first-order valence-corrected chi connectivity index (χ1v) is 6.80. The van der Waals surface area contributed by atoms with E-state index in [1.165, 1.54) is 12.1 Å². The molecule has 0 saturated heterocycles. The molecule has 0 aliphatic rings. The van der Waals surface area contributed by atoms with Gasteiger partial charge in [0.1, 0.15) is 5.75 Å². The summed E-state index contributed by atoms with van der Waals surface area (Å²) in [7, 11) is 0. The minimum absolute atomic E-state index is 0.162. The Morgan fingerprint density at radius 3 is 2.38 bits per heavy atom. The zero-order chi connectivity index (χ0) is 15.9. The molecule has 0 amide bonds. The maximum Gasteiger partial charge on any atom is 0.573 e. The molecular weight excluding hydrogens is 285 g/mol. The molecule has 1 rings (SSSR count). The second-order valence-electron chi connectivity index (χ2n) is 4.84. The Labute approximate surface area is 122 Å². The molecule has 21 heavy (non-hydrogen) atoms. The largest absolute Gasteiger partial charge is 0.573 e. The van der Waals surface area contributed by atoms with Crippen LogP contribution in [0, 0.1) is 5.92 Å². The van der Waals surface area contributed by atoms with Gasteiger partial charge < -0.3 is 9.47 Å². The van der Waals surface area contributed by atoms with Gasteiger partial charge in [-0.1, -0.05) is 19.1 Å². The zero-order valence-electron chi connectivity index (χ0n) is 12.1. The van der Waals surface area contributed by atoms with E-state index in [0.29, 0.717) is 19.4 Å². The molecule has 0 radical (unpaired) electrons. The predicted molar refractivity (Wildman–Crippen MR) is 71.9 cm³/mol. The number of ether oxygens (including phenoxy) is 2. The topological polar surface area (TPSA) is 35.5 Å². The summed E-state index contributed by atoms with van der Waals surface area (Å²) >= 11 is 0. The van der Waals surface area contributed by atoms with Gasteiger partial charge in [-0.2, -0.15) is 0 Å². The van der Waals surface area contributed by atoms with Crippen LogP contribution in [0.15, 0.2) is 24.3 Å². The fourth-order valence-electron chi connectivity index (χ4n) is 1.88. The number of hydrogen-bond acceptors (Lipinski definition) is 3. The van der Waals surface area contributed by atoms with E-state index in [9.17, 15) is 18.0 Å². The van der Waals surface area contributed by atoms with Gasteiger partial charge in [0.15, 0.2) is 0 Å². The lowest BCUT2D eigenvalue weighted by Gasteiger charge is -2.11. The van der Waals surface area contributed by atoms with Crippen molar-refractivity contribution in [3.63, 3.8) is 0 Å². The van der Waals surface area contributed by atoms with Crippen molar-refractivity contribution in [2.24, 2.45) is 5.92 Å². The molecule has 0 N–H and O–H groups in total. The number of alkyl halides is 3. The van der Waals surface area contributed by atoms with Crippen LogP contribution in [0.5, 0.6) is 5.75 Å². The van der Waals surface area contributed by atoms with Crippen molar-refractivity contribution < 1.29 is 27.4 Å². The molecule has 1 aromatic carbocycles. The Balaban J connectivity index is 2.40. The summed E-state index contributed by atoms with van der Waals surface area (Å²) in [5.41, 5.74) is 0.903. The zero-order valence-corrected chi connectivity index (χ0v) is 12.1. The van der Waals surface area contributed by atoms with Crippen LogP contribution < -0.4 is 4.74 Å². The maximum absolute atomic E-state index is 12.0. The van der Waals surface area contributed by atoms with Gasteiger partial charge >= 0.3 is 12.3 Å². The highest BCUT2D eigenvalue weighted by molar-refractivity contribution is 5.69. The molecule has 1 aromatic rings. The van der Waals surface area contributed by atoms with Crippen LogP contribution in [0.1, 0.15) is 32.3 Å². The molecule has 3 nitrogen and oxygen atoms in total. The van der Waals surface area contributed by atoms with Gasteiger partial charge in [0.05, 0.1) is 6.61 Å². The third-order valence-corrected chi connectivity index (χ3v) is 2.90. The lowest BCUT2D eigenvalue weighted by Crippen LogP contribution is -2.17. The van der Waals surface area contributed by atoms with Gasteiger partial charge in [-0.25, -0.2) is 0 Å². The molecule has 1 atom stereocenters. The van der Waals surface area contributed by atoms with Crippen molar-refractivity contribution in [1.29, 1.82) is 0 Å². The van der Waals surface area contributed by atoms with E-state index in [0.717, 1.165) is 12.0 Å². The number of esters is 1. The summed E-state index contributed by atoms with van der Waals surface area (Å²) in [6.07, 6.45) is -2.87. The molecule has 0 aromatic heterocycles. The molecule has 6 heteroatoms. The smallest absolute Gasteiger partial charge is 0.466 e. The molecule has 1 unspecified atom stereocenters. The third-order valence-electron chi connectivity index (χ3n) is 2.90. The van der Waals surface area contributed by atoms with Gasteiger partial charge in [-0.05, 0) is 43.4 Å². The van der Waals surface area contributed by atoms with Crippen molar-refractivity contribution in [3.8, 4) is 5.75 Å². The summed E-state index contributed by atoms with van der Waals surface area (Å²) in [6.45, 7) is 4.07. The lowest BCUT2D eigenvalue weighted by molar-refractivity contribution is -0.274. The number of halogens is 3. The van der Waals surface area contributed by atoms with Crippen LogP contribution in [0.4, 0.5) is 13.2 Å². The number of benzene rings is 1. The van der Waals surface area contributed by atoms with Crippen LogP contribution in [0.3, 0.4) is 0 Å².